The molecule has 0 spiro atoms. The van der Waals surface area contributed by atoms with Crippen molar-refractivity contribution in [3.05, 3.63) is 69.4 Å². The molecule has 0 atom stereocenters. The molecule has 0 heterocycles. The molecular formula is C20H22N6O6S2. The van der Waals surface area contributed by atoms with Crippen molar-refractivity contribution >= 4 is 20.0 Å². The van der Waals surface area contributed by atoms with Crippen molar-refractivity contribution < 1.29 is 26.3 Å². The molecular weight excluding hydrogens is 484 g/mol. The van der Waals surface area contributed by atoms with Gasteiger partial charge in [0.25, 0.3) is 20.0 Å². The molecule has 0 saturated heterocycles. The highest BCUT2D eigenvalue weighted by atomic mass is 32.2. The van der Waals surface area contributed by atoms with Crippen LogP contribution in [0.1, 0.15) is 25.7 Å². The molecule has 2 aromatic carbocycles. The Bertz CT molecular complexity index is 1190. The van der Waals surface area contributed by atoms with Crippen molar-refractivity contribution in [3.63, 3.8) is 0 Å². The number of rotatable bonds is 10. The van der Waals surface area contributed by atoms with E-state index in [1.165, 1.54) is 48.5 Å². The molecule has 0 N–H and O–H groups in total. The lowest BCUT2D eigenvalue weighted by Gasteiger charge is -2.28. The van der Waals surface area contributed by atoms with Crippen molar-refractivity contribution in [2.45, 2.75) is 35.5 Å². The highest BCUT2D eigenvalue weighted by molar-refractivity contribution is 7.90. The van der Waals surface area contributed by atoms with Gasteiger partial charge in [-0.1, -0.05) is 0 Å². The second-order valence-electron chi connectivity index (χ2n) is 7.74. The highest BCUT2D eigenvalue weighted by Crippen LogP contribution is 2.30. The standard InChI is InChI=1S/C20H22N6O6S2/c21-23-25-33(27,28)19-9-5-17(6-10-19)31-13-15-1-2-16(4-3-15)14-32-18-7-11-20(12-8-18)34(29,30)26-24-22/h5-12,15-16H,1-4,13-14H2. The fraction of sp³-hybridized carbons (Fsp3) is 0.400. The Hall–Kier alpha value is -3.44. The van der Waals surface area contributed by atoms with E-state index in [4.69, 9.17) is 20.5 Å². The second kappa shape index (κ2) is 11.1. The molecule has 1 fully saturated rings. The van der Waals surface area contributed by atoms with Gasteiger partial charge in [-0.15, -0.1) is 0 Å². The molecule has 1 aliphatic rings. The van der Waals surface area contributed by atoms with Crippen LogP contribution < -0.4 is 9.47 Å². The molecule has 14 heteroatoms. The quantitative estimate of drug-likeness (QED) is 0.249. The van der Waals surface area contributed by atoms with Crippen LogP contribution in [0.15, 0.2) is 67.4 Å². The molecule has 34 heavy (non-hydrogen) atoms. The van der Waals surface area contributed by atoms with Crippen LogP contribution in [0.25, 0.3) is 20.9 Å². The van der Waals surface area contributed by atoms with Crippen molar-refractivity contribution in [2.75, 3.05) is 13.2 Å². The molecule has 1 saturated carbocycles. The van der Waals surface area contributed by atoms with Crippen molar-refractivity contribution in [1.29, 1.82) is 0 Å². The van der Waals surface area contributed by atoms with Crippen LogP contribution in [0.3, 0.4) is 0 Å². The third kappa shape index (κ3) is 6.78. The molecule has 0 radical (unpaired) electrons. The number of hydrogen-bond acceptors (Lipinski definition) is 6. The van der Waals surface area contributed by atoms with E-state index >= 15 is 0 Å². The summed E-state index contributed by atoms with van der Waals surface area (Å²) in [6.07, 6.45) is 3.84. The van der Waals surface area contributed by atoms with Gasteiger partial charge in [-0.25, -0.2) is 16.8 Å². The third-order valence-electron chi connectivity index (χ3n) is 5.47. The summed E-state index contributed by atoms with van der Waals surface area (Å²) < 4.78 is 63.9. The fourth-order valence-corrected chi connectivity index (χ4v) is 4.94. The first-order valence-corrected chi connectivity index (χ1v) is 13.2. The molecule has 0 amide bonds. The van der Waals surface area contributed by atoms with Crippen LogP contribution in [0.5, 0.6) is 11.5 Å². The first kappa shape index (κ1) is 25.2. The number of ether oxygens (including phenoxy) is 2. The zero-order chi connectivity index (χ0) is 24.6. The molecule has 0 aromatic heterocycles. The summed E-state index contributed by atoms with van der Waals surface area (Å²) in [5.74, 6) is 1.81. The van der Waals surface area contributed by atoms with Gasteiger partial charge in [-0.3, -0.25) is 0 Å². The minimum Gasteiger partial charge on any atom is -0.493 e. The molecule has 2 aromatic rings. The van der Waals surface area contributed by atoms with Gasteiger partial charge < -0.3 is 9.47 Å². The fourth-order valence-electron chi connectivity index (χ4n) is 3.60. The minimum absolute atomic E-state index is 0.0925. The van der Waals surface area contributed by atoms with Crippen molar-refractivity contribution in [1.82, 2.24) is 0 Å². The summed E-state index contributed by atoms with van der Waals surface area (Å²) >= 11 is 0. The lowest BCUT2D eigenvalue weighted by molar-refractivity contribution is 0.148. The summed E-state index contributed by atoms with van der Waals surface area (Å²) in [5, 5.41) is 0. The average Bonchev–Trinajstić information content (AvgIpc) is 2.82. The number of azide groups is 2. The zero-order valence-corrected chi connectivity index (χ0v) is 19.6. The van der Waals surface area contributed by atoms with Gasteiger partial charge in [-0.2, -0.15) is 0 Å². The van der Waals surface area contributed by atoms with E-state index in [1.807, 2.05) is 0 Å². The van der Waals surface area contributed by atoms with E-state index in [9.17, 15) is 16.8 Å². The maximum absolute atomic E-state index is 11.7. The summed E-state index contributed by atoms with van der Waals surface area (Å²) in [6.45, 7) is 1.02. The third-order valence-corrected chi connectivity index (χ3v) is 7.78. The van der Waals surface area contributed by atoms with E-state index in [0.717, 1.165) is 25.7 Å². The Morgan fingerprint density at radius 3 is 1.29 bits per heavy atom. The Morgan fingerprint density at radius 2 is 1.00 bits per heavy atom. The average molecular weight is 507 g/mol. The smallest absolute Gasteiger partial charge is 0.264 e. The number of hydrogen-bond donors (Lipinski definition) is 0. The maximum atomic E-state index is 11.7. The molecule has 0 aliphatic heterocycles. The maximum Gasteiger partial charge on any atom is 0.264 e. The van der Waals surface area contributed by atoms with Crippen molar-refractivity contribution in [2.24, 2.45) is 20.9 Å². The van der Waals surface area contributed by atoms with E-state index in [2.05, 4.69) is 18.9 Å². The van der Waals surface area contributed by atoms with E-state index < -0.39 is 20.0 Å². The lowest BCUT2D eigenvalue weighted by Crippen LogP contribution is -2.23. The van der Waals surface area contributed by atoms with Crippen LogP contribution in [0, 0.1) is 11.8 Å². The minimum atomic E-state index is -4.01. The van der Waals surface area contributed by atoms with Gasteiger partial charge in [0, 0.05) is 18.9 Å². The lowest BCUT2D eigenvalue weighted by atomic mass is 9.83. The van der Waals surface area contributed by atoms with Gasteiger partial charge in [-0.05, 0) is 97.1 Å². The van der Waals surface area contributed by atoms with Crippen LogP contribution in [0.2, 0.25) is 0 Å². The summed E-state index contributed by atoms with van der Waals surface area (Å²) in [6, 6.07) is 11.5. The molecule has 3 rings (SSSR count). The molecule has 180 valence electrons. The largest absolute Gasteiger partial charge is 0.493 e. The Labute approximate surface area is 196 Å². The van der Waals surface area contributed by atoms with E-state index in [-0.39, 0.29) is 9.79 Å². The first-order chi connectivity index (χ1) is 16.2. The van der Waals surface area contributed by atoms with Crippen LogP contribution in [0.4, 0.5) is 0 Å². The highest BCUT2D eigenvalue weighted by Gasteiger charge is 2.22. The predicted molar refractivity (Wildman–Crippen MR) is 122 cm³/mol. The van der Waals surface area contributed by atoms with Crippen LogP contribution in [-0.2, 0) is 20.0 Å². The summed E-state index contributed by atoms with van der Waals surface area (Å²) in [7, 11) is -8.02. The van der Waals surface area contributed by atoms with Gasteiger partial charge >= 0.3 is 0 Å². The van der Waals surface area contributed by atoms with Gasteiger partial charge in [0.15, 0.2) is 0 Å². The molecule has 12 nitrogen and oxygen atoms in total. The van der Waals surface area contributed by atoms with Gasteiger partial charge in [0.05, 0.1) is 23.0 Å². The van der Waals surface area contributed by atoms with E-state index in [0.29, 0.717) is 36.5 Å². The van der Waals surface area contributed by atoms with Gasteiger partial charge in [0.1, 0.15) is 11.5 Å². The SMILES string of the molecule is [N-]=[N+]=NS(=O)(=O)c1ccc(OCC2CCC(COc3ccc(S(=O)(=O)N=[N+]=[N-])cc3)CC2)cc1. The Morgan fingerprint density at radius 1 is 0.676 bits per heavy atom. The monoisotopic (exact) mass is 506 g/mol. The van der Waals surface area contributed by atoms with E-state index in [1.54, 1.807) is 0 Å². The van der Waals surface area contributed by atoms with Gasteiger partial charge in [0.2, 0.25) is 0 Å². The normalized spacial score (nSPS) is 18.2. The van der Waals surface area contributed by atoms with Crippen molar-refractivity contribution in [3.8, 4) is 11.5 Å². The summed E-state index contributed by atoms with van der Waals surface area (Å²) in [5.41, 5.74) is 16.6. The number of sulfonamides is 2. The summed E-state index contributed by atoms with van der Waals surface area (Å²) in [4.78, 5) is 4.45. The Balaban J connectivity index is 1.42. The number of nitrogens with zero attached hydrogens (tertiary/aromatic N) is 6. The molecule has 0 unspecified atom stereocenters. The Kier molecular flexibility index (Phi) is 8.24. The zero-order valence-electron chi connectivity index (χ0n) is 18.0. The van der Waals surface area contributed by atoms with Crippen LogP contribution in [-0.4, -0.2) is 30.0 Å². The molecule has 0 bridgehead atoms. The first-order valence-electron chi connectivity index (χ1n) is 10.3. The predicted octanol–water partition coefficient (Wildman–Crippen LogP) is 4.95. The van der Waals surface area contributed by atoms with Crippen LogP contribution >= 0.6 is 0 Å². The topological polar surface area (TPSA) is 184 Å². The molecule has 1 aliphatic carbocycles. The second-order valence-corrected chi connectivity index (χ2v) is 10.9. The number of benzene rings is 2.